The van der Waals surface area contributed by atoms with Gasteiger partial charge in [0, 0.05) is 0 Å². The Hall–Kier alpha value is -0.0800. The third-order valence-corrected chi connectivity index (χ3v) is 15.9. The van der Waals surface area contributed by atoms with Gasteiger partial charge in [0.1, 0.15) is 0 Å². The number of nitrogens with zero attached hydrogens (tertiary/aromatic N) is 1. The van der Waals surface area contributed by atoms with Gasteiger partial charge in [-0.25, -0.2) is 0 Å². The monoisotopic (exact) mass is 932 g/mol. The average molecular weight is 933 g/mol. The summed E-state index contributed by atoms with van der Waals surface area (Å²) < 4.78 is 1.49. The van der Waals surface area contributed by atoms with Gasteiger partial charge < -0.3 is 9.96 Å². The molecule has 0 rings (SSSR count). The first-order valence-electron chi connectivity index (χ1n) is 32.1. The lowest BCUT2D eigenvalue weighted by Gasteiger charge is -2.40. The van der Waals surface area contributed by atoms with Gasteiger partial charge in [0.05, 0.1) is 26.2 Å². The Bertz CT molecular complexity index is 677. The lowest BCUT2D eigenvalue weighted by molar-refractivity contribution is -0.929. The van der Waals surface area contributed by atoms with Crippen LogP contribution in [0.3, 0.4) is 0 Å². The predicted molar refractivity (Wildman–Crippen MR) is 303 cm³/mol. The molecule has 0 radical (unpaired) electrons. The molecule has 0 saturated carbocycles. The molecular weight excluding hydrogens is 799 g/mol. The van der Waals surface area contributed by atoms with Crippen LogP contribution in [0.25, 0.3) is 0 Å². The Morgan fingerprint density at radius 1 is 0.136 bits per heavy atom. The second-order valence-electron chi connectivity index (χ2n) is 22.6. The van der Waals surface area contributed by atoms with Crippen LogP contribution in [0.5, 0.6) is 0 Å². The van der Waals surface area contributed by atoms with Crippen molar-refractivity contribution < 1.29 is 9.96 Å². The minimum Gasteiger partial charge on any atom is -0.870 e. The molecule has 0 aromatic heterocycles. The SMILES string of the molecule is CCCCCCCCCCCCCCCC[N+](CCCCCCCCCCCCCCCC)(CCCCCCCCCCCCCCCC)CCCCCCCCCCCCCCCC.[OH-]. The molecule has 0 amide bonds. The highest BCUT2D eigenvalue weighted by molar-refractivity contribution is 4.58. The van der Waals surface area contributed by atoms with Gasteiger partial charge in [0.15, 0.2) is 0 Å². The van der Waals surface area contributed by atoms with E-state index in [2.05, 4.69) is 27.7 Å². The van der Waals surface area contributed by atoms with Gasteiger partial charge in [0.25, 0.3) is 0 Å². The summed E-state index contributed by atoms with van der Waals surface area (Å²) in [6.07, 6.45) is 82.7. The fraction of sp³-hybridized carbons (Fsp3) is 1.00. The first-order chi connectivity index (χ1) is 32.2. The van der Waals surface area contributed by atoms with E-state index in [0.29, 0.717) is 0 Å². The number of quaternary nitrogens is 1. The molecule has 0 aliphatic carbocycles. The van der Waals surface area contributed by atoms with Gasteiger partial charge in [-0.05, 0) is 51.4 Å². The first kappa shape index (κ1) is 68.0. The Morgan fingerprint density at radius 3 is 0.333 bits per heavy atom. The largest absolute Gasteiger partial charge is 0.870 e. The zero-order valence-corrected chi connectivity index (χ0v) is 47.3. The molecule has 1 N–H and O–H groups in total. The molecule has 400 valence electrons. The van der Waals surface area contributed by atoms with Crippen molar-refractivity contribution in [3.05, 3.63) is 0 Å². The van der Waals surface area contributed by atoms with E-state index in [1.54, 1.807) is 0 Å². The summed E-state index contributed by atoms with van der Waals surface area (Å²) in [5.74, 6) is 0. The second-order valence-corrected chi connectivity index (χ2v) is 22.6. The van der Waals surface area contributed by atoms with Crippen LogP contribution in [-0.2, 0) is 0 Å². The molecule has 2 heteroatoms. The van der Waals surface area contributed by atoms with Crippen LogP contribution in [-0.4, -0.2) is 36.1 Å². The highest BCUT2D eigenvalue weighted by Gasteiger charge is 2.26. The molecule has 0 aliphatic heterocycles. The van der Waals surface area contributed by atoms with E-state index in [9.17, 15) is 0 Å². The summed E-state index contributed by atoms with van der Waals surface area (Å²) in [6, 6.07) is 0. The van der Waals surface area contributed by atoms with E-state index in [1.165, 1.54) is 390 Å². The smallest absolute Gasteiger partial charge is 0.0786 e. The van der Waals surface area contributed by atoms with Gasteiger partial charge in [-0.2, -0.15) is 0 Å². The molecule has 66 heavy (non-hydrogen) atoms. The van der Waals surface area contributed by atoms with Crippen molar-refractivity contribution in [2.45, 2.75) is 387 Å². The predicted octanol–water partition coefficient (Wildman–Crippen LogP) is 23.6. The molecule has 0 spiro atoms. The molecular formula is C64H133NO. The molecule has 0 aliphatic rings. The Balaban J connectivity index is 0. The first-order valence-corrected chi connectivity index (χ1v) is 32.1. The third kappa shape index (κ3) is 54.9. The van der Waals surface area contributed by atoms with Crippen molar-refractivity contribution >= 4 is 0 Å². The zero-order chi connectivity index (χ0) is 46.9. The zero-order valence-electron chi connectivity index (χ0n) is 47.3. The van der Waals surface area contributed by atoms with Crippen molar-refractivity contribution in [2.24, 2.45) is 0 Å². The summed E-state index contributed by atoms with van der Waals surface area (Å²) in [4.78, 5) is 0. The van der Waals surface area contributed by atoms with Gasteiger partial charge in [-0.3, -0.25) is 0 Å². The van der Waals surface area contributed by atoms with Crippen molar-refractivity contribution in [1.82, 2.24) is 0 Å². The maximum atomic E-state index is 2.33. The minimum atomic E-state index is 0. The lowest BCUT2D eigenvalue weighted by Crippen LogP contribution is -2.50. The van der Waals surface area contributed by atoms with E-state index in [1.807, 2.05) is 0 Å². The molecule has 0 heterocycles. The fourth-order valence-corrected chi connectivity index (χ4v) is 11.2. The molecule has 0 unspecified atom stereocenters. The molecule has 2 nitrogen and oxygen atoms in total. The Kier molecular flexibility index (Phi) is 62.9. The van der Waals surface area contributed by atoms with E-state index < -0.39 is 0 Å². The average Bonchev–Trinajstić information content (AvgIpc) is 3.32. The maximum absolute atomic E-state index is 2.33. The second kappa shape index (κ2) is 61.0. The van der Waals surface area contributed by atoms with E-state index >= 15 is 0 Å². The van der Waals surface area contributed by atoms with Crippen LogP contribution in [0.2, 0.25) is 0 Å². The summed E-state index contributed by atoms with van der Waals surface area (Å²) >= 11 is 0. The number of hydrogen-bond acceptors (Lipinski definition) is 1. The van der Waals surface area contributed by atoms with Gasteiger partial charge in [-0.15, -0.1) is 0 Å². The third-order valence-electron chi connectivity index (χ3n) is 15.9. The highest BCUT2D eigenvalue weighted by atomic mass is 16.0. The van der Waals surface area contributed by atoms with Crippen molar-refractivity contribution in [3.8, 4) is 0 Å². The summed E-state index contributed by atoms with van der Waals surface area (Å²) in [7, 11) is 0. The van der Waals surface area contributed by atoms with Crippen LogP contribution in [0, 0.1) is 0 Å². The number of unbranched alkanes of at least 4 members (excludes halogenated alkanes) is 52. The Morgan fingerprint density at radius 2 is 0.227 bits per heavy atom. The molecule has 0 fully saturated rings. The molecule has 0 bridgehead atoms. The van der Waals surface area contributed by atoms with Gasteiger partial charge in [-0.1, -0.05) is 336 Å². The van der Waals surface area contributed by atoms with E-state index in [4.69, 9.17) is 0 Å². The number of rotatable bonds is 60. The molecule has 0 aromatic rings. The van der Waals surface area contributed by atoms with Crippen molar-refractivity contribution in [3.63, 3.8) is 0 Å². The normalized spacial score (nSPS) is 11.8. The van der Waals surface area contributed by atoms with E-state index in [-0.39, 0.29) is 5.48 Å². The highest BCUT2D eigenvalue weighted by Crippen LogP contribution is 2.23. The topological polar surface area (TPSA) is 30.0 Å². The minimum absolute atomic E-state index is 0. The van der Waals surface area contributed by atoms with Crippen molar-refractivity contribution in [2.75, 3.05) is 26.2 Å². The summed E-state index contributed by atoms with van der Waals surface area (Å²) in [6.45, 7) is 15.3. The standard InChI is InChI=1S/C64H132N.H2O/c1-5-9-13-17-21-25-29-33-37-41-45-49-53-57-61-65(62-58-54-50-46-42-38-34-30-26-22-18-14-10-6-2,63-59-55-51-47-43-39-35-31-27-23-19-15-11-7-3)64-60-56-52-48-44-40-36-32-28-24-20-16-12-8-4;/h5-64H2,1-4H3;1H2/q+1;/p-1. The molecule has 0 aromatic carbocycles. The maximum Gasteiger partial charge on any atom is 0.0786 e. The molecule has 0 saturated heterocycles. The van der Waals surface area contributed by atoms with Crippen LogP contribution in [0.4, 0.5) is 0 Å². The van der Waals surface area contributed by atoms with Crippen LogP contribution >= 0.6 is 0 Å². The summed E-state index contributed by atoms with van der Waals surface area (Å²) in [5, 5.41) is 0. The van der Waals surface area contributed by atoms with Gasteiger partial charge >= 0.3 is 0 Å². The van der Waals surface area contributed by atoms with Crippen LogP contribution in [0.15, 0.2) is 0 Å². The van der Waals surface area contributed by atoms with Crippen LogP contribution in [0.1, 0.15) is 387 Å². The van der Waals surface area contributed by atoms with Gasteiger partial charge in [0.2, 0.25) is 0 Å². The quantitative estimate of drug-likeness (QED) is 0.0441. The lowest BCUT2D eigenvalue weighted by atomic mass is 10.0. The number of hydrogen-bond donors (Lipinski definition) is 0. The van der Waals surface area contributed by atoms with Crippen molar-refractivity contribution in [1.29, 1.82) is 0 Å². The summed E-state index contributed by atoms with van der Waals surface area (Å²) in [5.41, 5.74) is 0. The fourth-order valence-electron chi connectivity index (χ4n) is 11.2. The van der Waals surface area contributed by atoms with Crippen LogP contribution < -0.4 is 0 Å². The Labute approximate surface area is 421 Å². The molecule has 0 atom stereocenters. The van der Waals surface area contributed by atoms with E-state index in [0.717, 1.165) is 0 Å².